The van der Waals surface area contributed by atoms with Gasteiger partial charge in [0.1, 0.15) is 10.6 Å². The molecule has 1 rings (SSSR count). The van der Waals surface area contributed by atoms with E-state index in [1.165, 1.54) is 18.3 Å². The number of hydrogen-bond acceptors (Lipinski definition) is 4. The number of aliphatic carboxylic acids is 1. The molecule has 0 saturated heterocycles. The Balaban J connectivity index is 2.78. The Morgan fingerprint density at radius 2 is 2.17 bits per heavy atom. The molecule has 0 aliphatic heterocycles. The number of hydrogen-bond donors (Lipinski definition) is 3. The van der Waals surface area contributed by atoms with E-state index in [4.69, 9.17) is 10.8 Å². The van der Waals surface area contributed by atoms with Gasteiger partial charge < -0.3 is 16.2 Å². The lowest BCUT2D eigenvalue weighted by Crippen LogP contribution is -2.43. The van der Waals surface area contributed by atoms with Gasteiger partial charge in [0.15, 0.2) is 0 Å². The first-order chi connectivity index (χ1) is 8.40. The first-order valence-corrected chi connectivity index (χ1v) is 5.63. The Morgan fingerprint density at radius 3 is 2.67 bits per heavy atom. The lowest BCUT2D eigenvalue weighted by atomic mass is 10.1. The number of pyridine rings is 1. The molecule has 0 unspecified atom stereocenters. The number of halogens is 1. The van der Waals surface area contributed by atoms with Crippen LogP contribution < -0.4 is 11.1 Å². The number of nitrogens with one attached hydrogen (secondary N) is 1. The Hall–Kier alpha value is -1.96. The molecule has 1 atom stereocenters. The Kier molecular flexibility index (Phi) is 4.78. The molecular formula is C10H10BrN3O4. The quantitative estimate of drug-likeness (QED) is 0.655. The van der Waals surface area contributed by atoms with Crippen LogP contribution in [0.3, 0.4) is 0 Å². The van der Waals surface area contributed by atoms with Crippen LogP contribution in [-0.2, 0) is 9.59 Å². The van der Waals surface area contributed by atoms with Gasteiger partial charge in [-0.15, -0.1) is 0 Å². The van der Waals surface area contributed by atoms with Crippen molar-refractivity contribution in [2.75, 3.05) is 0 Å². The molecule has 7 nitrogen and oxygen atoms in total. The number of carbonyl (C=O) groups is 3. The Labute approximate surface area is 111 Å². The third kappa shape index (κ3) is 4.13. The molecule has 0 saturated carbocycles. The van der Waals surface area contributed by atoms with E-state index in [2.05, 4.69) is 26.2 Å². The molecule has 0 aromatic carbocycles. The Morgan fingerprint density at radius 1 is 1.50 bits per heavy atom. The van der Waals surface area contributed by atoms with Gasteiger partial charge in [0, 0.05) is 11.8 Å². The number of carbonyl (C=O) groups excluding carboxylic acids is 2. The van der Waals surface area contributed by atoms with Gasteiger partial charge >= 0.3 is 5.97 Å². The number of nitrogens with two attached hydrogens (primary N) is 1. The van der Waals surface area contributed by atoms with Gasteiger partial charge in [0.25, 0.3) is 5.91 Å². The first-order valence-electron chi connectivity index (χ1n) is 4.83. The highest BCUT2D eigenvalue weighted by molar-refractivity contribution is 9.10. The number of carboxylic acids is 1. The second-order valence-electron chi connectivity index (χ2n) is 3.40. The lowest BCUT2D eigenvalue weighted by Gasteiger charge is -2.12. The summed E-state index contributed by atoms with van der Waals surface area (Å²) < 4.78 is 0.442. The zero-order valence-corrected chi connectivity index (χ0v) is 10.7. The molecule has 8 heteroatoms. The average molecular weight is 316 g/mol. The van der Waals surface area contributed by atoms with Crippen LogP contribution in [0.1, 0.15) is 16.8 Å². The summed E-state index contributed by atoms with van der Waals surface area (Å²) in [5.41, 5.74) is 5.13. The second-order valence-corrected chi connectivity index (χ2v) is 4.21. The van der Waals surface area contributed by atoms with E-state index in [-0.39, 0.29) is 5.56 Å². The largest absolute Gasteiger partial charge is 0.480 e. The minimum absolute atomic E-state index is 0.229. The highest BCUT2D eigenvalue weighted by Crippen LogP contribution is 2.08. The normalized spacial score (nSPS) is 11.6. The predicted molar refractivity (Wildman–Crippen MR) is 64.6 cm³/mol. The van der Waals surface area contributed by atoms with E-state index >= 15 is 0 Å². The van der Waals surface area contributed by atoms with Crippen molar-refractivity contribution in [3.8, 4) is 0 Å². The summed E-state index contributed by atoms with van der Waals surface area (Å²) in [7, 11) is 0. The summed E-state index contributed by atoms with van der Waals surface area (Å²) in [6, 6.07) is 1.50. The molecule has 0 aliphatic carbocycles. The lowest BCUT2D eigenvalue weighted by molar-refractivity contribution is -0.140. The number of rotatable bonds is 5. The zero-order valence-electron chi connectivity index (χ0n) is 9.09. The van der Waals surface area contributed by atoms with Crippen molar-refractivity contribution in [3.63, 3.8) is 0 Å². The maximum Gasteiger partial charge on any atom is 0.326 e. The Bertz CT molecular complexity index is 492. The summed E-state index contributed by atoms with van der Waals surface area (Å²) in [6.07, 6.45) is 0.927. The number of primary amides is 1. The van der Waals surface area contributed by atoms with E-state index in [1.807, 2.05) is 0 Å². The first kappa shape index (κ1) is 14.1. The number of nitrogens with zero attached hydrogens (tertiary/aromatic N) is 1. The summed E-state index contributed by atoms with van der Waals surface area (Å²) >= 11 is 3.08. The maximum atomic E-state index is 11.7. The highest BCUT2D eigenvalue weighted by atomic mass is 79.9. The summed E-state index contributed by atoms with van der Waals surface area (Å²) in [4.78, 5) is 37.1. The van der Waals surface area contributed by atoms with Crippen LogP contribution in [0.25, 0.3) is 0 Å². The number of amides is 2. The molecule has 18 heavy (non-hydrogen) atoms. The number of carboxylic acid groups (broad SMARTS) is 1. The molecule has 1 heterocycles. The monoisotopic (exact) mass is 315 g/mol. The molecule has 0 radical (unpaired) electrons. The second kappa shape index (κ2) is 6.10. The van der Waals surface area contributed by atoms with Gasteiger partial charge in [-0.25, -0.2) is 9.78 Å². The van der Waals surface area contributed by atoms with Crippen LogP contribution in [0.15, 0.2) is 22.9 Å². The summed E-state index contributed by atoms with van der Waals surface area (Å²) in [6.45, 7) is 0. The zero-order chi connectivity index (χ0) is 13.7. The fourth-order valence-electron chi connectivity index (χ4n) is 1.19. The molecule has 0 spiro atoms. The van der Waals surface area contributed by atoms with Crippen LogP contribution in [-0.4, -0.2) is 33.9 Å². The molecule has 96 valence electrons. The minimum Gasteiger partial charge on any atom is -0.480 e. The van der Waals surface area contributed by atoms with E-state index in [0.717, 1.165) is 0 Å². The van der Waals surface area contributed by atoms with Gasteiger partial charge in [-0.1, -0.05) is 0 Å². The number of aromatic nitrogens is 1. The standard InChI is InChI=1S/C10H10BrN3O4/c11-7-3-5(1-2-13-7)9(16)14-6(10(17)18)4-8(12)15/h1-3,6H,4H2,(H2,12,15)(H,14,16)(H,17,18)/t6-/m1/s1. The molecular weight excluding hydrogens is 306 g/mol. The van der Waals surface area contributed by atoms with E-state index in [0.29, 0.717) is 4.60 Å². The molecule has 4 N–H and O–H groups in total. The van der Waals surface area contributed by atoms with E-state index in [1.54, 1.807) is 0 Å². The molecule has 0 bridgehead atoms. The maximum absolute atomic E-state index is 11.7. The van der Waals surface area contributed by atoms with Crippen molar-refractivity contribution < 1.29 is 19.5 Å². The third-order valence-electron chi connectivity index (χ3n) is 2.00. The molecule has 1 aromatic rings. The van der Waals surface area contributed by atoms with Crippen LogP contribution in [0.2, 0.25) is 0 Å². The minimum atomic E-state index is -1.35. The van der Waals surface area contributed by atoms with E-state index < -0.39 is 30.2 Å². The van der Waals surface area contributed by atoms with Gasteiger partial charge in [-0.2, -0.15) is 0 Å². The van der Waals surface area contributed by atoms with Crippen molar-refractivity contribution in [2.45, 2.75) is 12.5 Å². The summed E-state index contributed by atoms with van der Waals surface area (Å²) in [5.74, 6) is -2.75. The van der Waals surface area contributed by atoms with Crippen LogP contribution in [0.5, 0.6) is 0 Å². The van der Waals surface area contributed by atoms with Gasteiger partial charge in [-0.3, -0.25) is 9.59 Å². The molecule has 0 fully saturated rings. The highest BCUT2D eigenvalue weighted by Gasteiger charge is 2.22. The van der Waals surface area contributed by atoms with Crippen molar-refractivity contribution in [2.24, 2.45) is 5.73 Å². The van der Waals surface area contributed by atoms with Gasteiger partial charge in [0.2, 0.25) is 5.91 Å². The van der Waals surface area contributed by atoms with Crippen molar-refractivity contribution in [3.05, 3.63) is 28.5 Å². The van der Waals surface area contributed by atoms with E-state index in [9.17, 15) is 14.4 Å². The van der Waals surface area contributed by atoms with Crippen LogP contribution in [0.4, 0.5) is 0 Å². The third-order valence-corrected chi connectivity index (χ3v) is 2.43. The van der Waals surface area contributed by atoms with Crippen molar-refractivity contribution in [1.29, 1.82) is 0 Å². The van der Waals surface area contributed by atoms with Crippen LogP contribution >= 0.6 is 15.9 Å². The van der Waals surface area contributed by atoms with Gasteiger partial charge in [-0.05, 0) is 28.1 Å². The van der Waals surface area contributed by atoms with Gasteiger partial charge in [0.05, 0.1) is 6.42 Å². The predicted octanol–water partition coefficient (Wildman–Crippen LogP) is -0.0975. The average Bonchev–Trinajstić information content (AvgIpc) is 2.27. The molecule has 1 aromatic heterocycles. The fraction of sp³-hybridized carbons (Fsp3) is 0.200. The van der Waals surface area contributed by atoms with Crippen molar-refractivity contribution in [1.82, 2.24) is 10.3 Å². The fourth-order valence-corrected chi connectivity index (χ4v) is 1.55. The SMILES string of the molecule is NC(=O)C[C@@H](NC(=O)c1ccnc(Br)c1)C(=O)O. The molecule has 2 amide bonds. The van der Waals surface area contributed by atoms with Crippen molar-refractivity contribution >= 4 is 33.7 Å². The smallest absolute Gasteiger partial charge is 0.326 e. The topological polar surface area (TPSA) is 122 Å². The van der Waals surface area contributed by atoms with Crippen LogP contribution in [0, 0.1) is 0 Å². The summed E-state index contributed by atoms with van der Waals surface area (Å²) in [5, 5.41) is 11.0. The molecule has 0 aliphatic rings.